The number of hydrogen-bond acceptors (Lipinski definition) is 0. The Hall–Kier alpha value is -1.61. The van der Waals surface area contributed by atoms with Crippen LogP contribution in [0.2, 0.25) is 0 Å². The monoisotopic (exact) mass is 412 g/mol. The van der Waals surface area contributed by atoms with E-state index in [0.717, 1.165) is 5.57 Å². The van der Waals surface area contributed by atoms with Crippen molar-refractivity contribution in [3.63, 3.8) is 0 Å². The van der Waals surface area contributed by atoms with E-state index in [1.165, 1.54) is 47.7 Å². The van der Waals surface area contributed by atoms with Gasteiger partial charge in [-0.25, -0.2) is 0 Å². The normalized spacial score (nSPS) is 11.0. The highest BCUT2D eigenvalue weighted by atomic mass is 127. The molecule has 0 heterocycles. The van der Waals surface area contributed by atoms with Crippen LogP contribution in [0.1, 0.15) is 29.2 Å². The number of rotatable bonds is 2. The first-order chi connectivity index (χ1) is 10.9. The van der Waals surface area contributed by atoms with Gasteiger partial charge in [-0.3, -0.25) is 0 Å². The fourth-order valence-electron chi connectivity index (χ4n) is 3.32. The van der Waals surface area contributed by atoms with Gasteiger partial charge in [-0.05, 0) is 101 Å². The molecular formula is C22H21I. The van der Waals surface area contributed by atoms with Gasteiger partial charge >= 0.3 is 0 Å². The molecule has 0 aromatic heterocycles. The van der Waals surface area contributed by atoms with E-state index in [-0.39, 0.29) is 0 Å². The van der Waals surface area contributed by atoms with Crippen molar-refractivity contribution in [3.8, 4) is 11.1 Å². The van der Waals surface area contributed by atoms with Crippen LogP contribution in [0, 0.1) is 24.3 Å². The first-order valence-corrected chi connectivity index (χ1v) is 8.93. The molecular weight excluding hydrogens is 391 g/mol. The predicted octanol–water partition coefficient (Wildman–Crippen LogP) is 7.07. The lowest BCUT2D eigenvalue weighted by Gasteiger charge is -2.18. The molecule has 0 unspecified atom stereocenters. The zero-order valence-electron chi connectivity index (χ0n) is 14.1. The molecule has 0 bridgehead atoms. The molecule has 0 atom stereocenters. The third-order valence-electron chi connectivity index (χ3n) is 4.59. The van der Waals surface area contributed by atoms with Gasteiger partial charge in [0, 0.05) is 3.57 Å². The van der Waals surface area contributed by atoms with Crippen LogP contribution < -0.4 is 0 Å². The first kappa shape index (κ1) is 16.3. The Morgan fingerprint density at radius 1 is 0.957 bits per heavy atom. The second-order valence-corrected chi connectivity index (χ2v) is 7.51. The Balaban J connectivity index is 2.41. The maximum absolute atomic E-state index is 4.13. The zero-order chi connectivity index (χ0) is 16.7. The minimum absolute atomic E-state index is 1.13. The molecule has 0 amide bonds. The van der Waals surface area contributed by atoms with Gasteiger partial charge in [0.25, 0.3) is 0 Å². The summed E-state index contributed by atoms with van der Waals surface area (Å²) >= 11 is 2.47. The molecule has 1 heteroatoms. The number of halogens is 1. The molecule has 0 N–H and O–H groups in total. The van der Waals surface area contributed by atoms with Crippen molar-refractivity contribution >= 4 is 38.9 Å². The standard InChI is InChI=1S/C22H21I/c1-13(2)19-12-21(23)22(16(5)15(19)4)20-11-14(3)10-17-8-6-7-9-18(17)20/h6-12H,1H2,2-5H3. The zero-order valence-corrected chi connectivity index (χ0v) is 16.3. The SMILES string of the molecule is C=C(C)c1cc(I)c(-c2cc(C)cc3ccccc23)c(C)c1C. The summed E-state index contributed by atoms with van der Waals surface area (Å²) in [5.74, 6) is 0. The summed E-state index contributed by atoms with van der Waals surface area (Å²) in [4.78, 5) is 0. The molecule has 0 aliphatic rings. The van der Waals surface area contributed by atoms with Crippen LogP contribution in [0.25, 0.3) is 27.5 Å². The maximum Gasteiger partial charge on any atom is 0.0217 e. The second kappa shape index (κ2) is 6.12. The van der Waals surface area contributed by atoms with Gasteiger partial charge in [0.05, 0.1) is 0 Å². The fourth-order valence-corrected chi connectivity index (χ4v) is 4.32. The van der Waals surface area contributed by atoms with E-state index >= 15 is 0 Å². The summed E-state index contributed by atoms with van der Waals surface area (Å²) in [5, 5.41) is 2.63. The van der Waals surface area contributed by atoms with Gasteiger partial charge in [-0.1, -0.05) is 48.6 Å². The molecule has 0 aliphatic heterocycles. The molecule has 3 aromatic carbocycles. The maximum atomic E-state index is 4.13. The van der Waals surface area contributed by atoms with Crippen molar-refractivity contribution in [1.82, 2.24) is 0 Å². The van der Waals surface area contributed by atoms with E-state index in [9.17, 15) is 0 Å². The van der Waals surface area contributed by atoms with Gasteiger partial charge in [0.2, 0.25) is 0 Å². The molecule has 116 valence electrons. The second-order valence-electron chi connectivity index (χ2n) is 6.34. The summed E-state index contributed by atoms with van der Waals surface area (Å²) in [6.07, 6.45) is 0. The minimum atomic E-state index is 1.13. The lowest BCUT2D eigenvalue weighted by Crippen LogP contribution is -1.97. The Bertz CT molecular complexity index is 932. The third-order valence-corrected chi connectivity index (χ3v) is 5.44. The first-order valence-electron chi connectivity index (χ1n) is 7.85. The number of allylic oxidation sites excluding steroid dienone is 1. The molecule has 3 aromatic rings. The minimum Gasteiger partial charge on any atom is -0.0955 e. The van der Waals surface area contributed by atoms with Crippen LogP contribution in [0.15, 0.2) is 49.0 Å². The average Bonchev–Trinajstić information content (AvgIpc) is 2.50. The number of hydrogen-bond donors (Lipinski definition) is 0. The van der Waals surface area contributed by atoms with E-state index in [4.69, 9.17) is 0 Å². The third kappa shape index (κ3) is 2.83. The van der Waals surface area contributed by atoms with Crippen LogP contribution in [-0.2, 0) is 0 Å². The Labute approximate surface area is 152 Å². The molecule has 0 saturated heterocycles. The van der Waals surface area contributed by atoms with Crippen molar-refractivity contribution in [1.29, 1.82) is 0 Å². The lowest BCUT2D eigenvalue weighted by atomic mass is 9.88. The van der Waals surface area contributed by atoms with E-state index < -0.39 is 0 Å². The predicted molar refractivity (Wildman–Crippen MR) is 111 cm³/mol. The molecule has 3 rings (SSSR count). The molecule has 0 spiro atoms. The van der Waals surface area contributed by atoms with Crippen LogP contribution >= 0.6 is 22.6 Å². The van der Waals surface area contributed by atoms with Crippen molar-refractivity contribution in [2.75, 3.05) is 0 Å². The highest BCUT2D eigenvalue weighted by Crippen LogP contribution is 2.38. The van der Waals surface area contributed by atoms with Crippen molar-refractivity contribution in [2.45, 2.75) is 27.7 Å². The molecule has 23 heavy (non-hydrogen) atoms. The van der Waals surface area contributed by atoms with Crippen molar-refractivity contribution < 1.29 is 0 Å². The Morgan fingerprint density at radius 2 is 1.65 bits per heavy atom. The molecule has 0 nitrogen and oxygen atoms in total. The Kier molecular flexibility index (Phi) is 4.33. The quantitative estimate of drug-likeness (QED) is 0.395. The number of fused-ring (bicyclic) bond motifs is 1. The van der Waals surface area contributed by atoms with Crippen molar-refractivity contribution in [2.24, 2.45) is 0 Å². The van der Waals surface area contributed by atoms with Gasteiger partial charge in [0.1, 0.15) is 0 Å². The largest absolute Gasteiger partial charge is 0.0955 e. The fraction of sp³-hybridized carbons (Fsp3) is 0.182. The summed E-state index contributed by atoms with van der Waals surface area (Å²) < 4.78 is 1.29. The number of benzene rings is 3. The molecule has 0 aliphatic carbocycles. The summed E-state index contributed by atoms with van der Waals surface area (Å²) in [5.41, 5.74) is 9.07. The van der Waals surface area contributed by atoms with Gasteiger partial charge < -0.3 is 0 Å². The van der Waals surface area contributed by atoms with Gasteiger partial charge in [-0.15, -0.1) is 0 Å². The van der Waals surface area contributed by atoms with Crippen LogP contribution in [-0.4, -0.2) is 0 Å². The highest BCUT2D eigenvalue weighted by Gasteiger charge is 2.15. The summed E-state index contributed by atoms with van der Waals surface area (Å²) in [7, 11) is 0. The van der Waals surface area contributed by atoms with Gasteiger partial charge in [-0.2, -0.15) is 0 Å². The molecule has 0 saturated carbocycles. The Morgan fingerprint density at radius 3 is 2.35 bits per heavy atom. The van der Waals surface area contributed by atoms with E-state index in [1.807, 2.05) is 0 Å². The summed E-state index contributed by atoms with van der Waals surface area (Å²) in [6, 6.07) is 15.5. The van der Waals surface area contributed by atoms with E-state index in [1.54, 1.807) is 0 Å². The average molecular weight is 412 g/mol. The topological polar surface area (TPSA) is 0 Å². The highest BCUT2D eigenvalue weighted by molar-refractivity contribution is 14.1. The lowest BCUT2D eigenvalue weighted by molar-refractivity contribution is 1.30. The number of aryl methyl sites for hydroxylation is 1. The van der Waals surface area contributed by atoms with Crippen molar-refractivity contribution in [3.05, 3.63) is 74.9 Å². The molecule has 0 fully saturated rings. The smallest absolute Gasteiger partial charge is 0.0217 e. The van der Waals surface area contributed by atoms with Crippen LogP contribution in [0.5, 0.6) is 0 Å². The summed E-state index contributed by atoms with van der Waals surface area (Å²) in [6.45, 7) is 12.8. The van der Waals surface area contributed by atoms with Gasteiger partial charge in [0.15, 0.2) is 0 Å². The van der Waals surface area contributed by atoms with Crippen LogP contribution in [0.3, 0.4) is 0 Å². The van der Waals surface area contributed by atoms with E-state index in [0.29, 0.717) is 0 Å². The van der Waals surface area contributed by atoms with E-state index in [2.05, 4.69) is 99.3 Å². The molecule has 0 radical (unpaired) electrons. The van der Waals surface area contributed by atoms with Crippen LogP contribution in [0.4, 0.5) is 0 Å².